The molecular formula is C58H108O6. The topological polar surface area (TPSA) is 78.9 Å². The molecular weight excluding hydrogens is 793 g/mol. The Bertz CT molecular complexity index is 1040. The normalized spacial score (nSPS) is 12.1. The van der Waals surface area contributed by atoms with Crippen LogP contribution in [0.1, 0.15) is 310 Å². The predicted molar refractivity (Wildman–Crippen MR) is 275 cm³/mol. The summed E-state index contributed by atoms with van der Waals surface area (Å²) < 4.78 is 16.8. The number of esters is 3. The number of carbonyl (C=O) groups excluding carboxylic acids is 3. The molecule has 0 N–H and O–H groups in total. The molecule has 64 heavy (non-hydrogen) atoms. The lowest BCUT2D eigenvalue weighted by Crippen LogP contribution is -2.30. The number of hydrogen-bond donors (Lipinski definition) is 0. The first-order valence-corrected chi connectivity index (χ1v) is 28.3. The van der Waals surface area contributed by atoms with Crippen LogP contribution in [0.15, 0.2) is 24.3 Å². The molecule has 0 amide bonds. The first-order chi connectivity index (χ1) is 31.5. The molecule has 0 saturated heterocycles. The van der Waals surface area contributed by atoms with Gasteiger partial charge in [0.05, 0.1) is 0 Å². The fourth-order valence-corrected chi connectivity index (χ4v) is 8.37. The van der Waals surface area contributed by atoms with E-state index in [4.69, 9.17) is 14.2 Å². The highest BCUT2D eigenvalue weighted by molar-refractivity contribution is 5.71. The van der Waals surface area contributed by atoms with Crippen LogP contribution in [0.4, 0.5) is 0 Å². The number of hydrogen-bond acceptors (Lipinski definition) is 6. The third kappa shape index (κ3) is 50.9. The largest absolute Gasteiger partial charge is 0.462 e. The van der Waals surface area contributed by atoms with Crippen LogP contribution in [-0.2, 0) is 28.6 Å². The minimum absolute atomic E-state index is 0.0720. The second-order valence-electron chi connectivity index (χ2n) is 19.2. The summed E-state index contributed by atoms with van der Waals surface area (Å²) in [6.45, 7) is 6.66. The maximum Gasteiger partial charge on any atom is 0.306 e. The van der Waals surface area contributed by atoms with Crippen molar-refractivity contribution in [2.24, 2.45) is 0 Å². The van der Waals surface area contributed by atoms with E-state index in [0.29, 0.717) is 19.3 Å². The van der Waals surface area contributed by atoms with Gasteiger partial charge in [-0.1, -0.05) is 244 Å². The van der Waals surface area contributed by atoms with Crippen LogP contribution < -0.4 is 0 Å². The van der Waals surface area contributed by atoms with Gasteiger partial charge in [-0.15, -0.1) is 0 Å². The van der Waals surface area contributed by atoms with Gasteiger partial charge in [-0.2, -0.15) is 0 Å². The molecule has 0 aromatic heterocycles. The average Bonchev–Trinajstić information content (AvgIpc) is 3.29. The van der Waals surface area contributed by atoms with Gasteiger partial charge in [-0.3, -0.25) is 14.4 Å². The van der Waals surface area contributed by atoms with Crippen molar-refractivity contribution >= 4 is 17.9 Å². The van der Waals surface area contributed by atoms with Crippen molar-refractivity contribution in [2.75, 3.05) is 13.2 Å². The van der Waals surface area contributed by atoms with Crippen LogP contribution in [0.2, 0.25) is 0 Å². The first-order valence-electron chi connectivity index (χ1n) is 28.3. The third-order valence-corrected chi connectivity index (χ3v) is 12.7. The van der Waals surface area contributed by atoms with Crippen molar-refractivity contribution < 1.29 is 28.6 Å². The van der Waals surface area contributed by atoms with Gasteiger partial charge in [-0.25, -0.2) is 0 Å². The number of unbranched alkanes of at least 4 members (excludes halogenated alkanes) is 37. The monoisotopic (exact) mass is 901 g/mol. The van der Waals surface area contributed by atoms with Crippen LogP contribution in [0.3, 0.4) is 0 Å². The van der Waals surface area contributed by atoms with E-state index in [2.05, 4.69) is 45.1 Å². The van der Waals surface area contributed by atoms with Gasteiger partial charge >= 0.3 is 17.9 Å². The van der Waals surface area contributed by atoms with E-state index in [1.807, 2.05) is 0 Å². The molecule has 0 aromatic carbocycles. The highest BCUT2D eigenvalue weighted by Gasteiger charge is 2.19. The highest BCUT2D eigenvalue weighted by Crippen LogP contribution is 2.16. The molecule has 0 aliphatic heterocycles. The zero-order valence-corrected chi connectivity index (χ0v) is 43.1. The number of ether oxygens (including phenoxy) is 3. The van der Waals surface area contributed by atoms with Crippen LogP contribution in [0.25, 0.3) is 0 Å². The van der Waals surface area contributed by atoms with E-state index in [9.17, 15) is 14.4 Å². The number of carbonyl (C=O) groups is 3. The zero-order valence-electron chi connectivity index (χ0n) is 43.1. The average molecular weight is 901 g/mol. The van der Waals surface area contributed by atoms with Crippen molar-refractivity contribution in [3.8, 4) is 0 Å². The zero-order chi connectivity index (χ0) is 46.5. The molecule has 0 aliphatic rings. The van der Waals surface area contributed by atoms with Gasteiger partial charge in [0.2, 0.25) is 0 Å². The van der Waals surface area contributed by atoms with Crippen molar-refractivity contribution in [2.45, 2.75) is 316 Å². The lowest BCUT2D eigenvalue weighted by atomic mass is 10.1. The molecule has 1 atom stereocenters. The summed E-state index contributed by atoms with van der Waals surface area (Å²) in [7, 11) is 0. The summed E-state index contributed by atoms with van der Waals surface area (Å²) in [5, 5.41) is 0. The van der Waals surface area contributed by atoms with Crippen molar-refractivity contribution in [3.63, 3.8) is 0 Å². The minimum Gasteiger partial charge on any atom is -0.462 e. The highest BCUT2D eigenvalue weighted by atomic mass is 16.6. The Hall–Kier alpha value is -2.11. The van der Waals surface area contributed by atoms with Crippen LogP contribution in [0, 0.1) is 0 Å². The second kappa shape index (κ2) is 53.5. The van der Waals surface area contributed by atoms with E-state index in [1.54, 1.807) is 0 Å². The molecule has 0 radical (unpaired) electrons. The van der Waals surface area contributed by atoms with Crippen molar-refractivity contribution in [1.82, 2.24) is 0 Å². The summed E-state index contributed by atoms with van der Waals surface area (Å²) in [5.41, 5.74) is 0. The smallest absolute Gasteiger partial charge is 0.306 e. The van der Waals surface area contributed by atoms with E-state index >= 15 is 0 Å². The number of rotatable bonds is 52. The lowest BCUT2D eigenvalue weighted by Gasteiger charge is -2.18. The van der Waals surface area contributed by atoms with Crippen molar-refractivity contribution in [3.05, 3.63) is 24.3 Å². The minimum atomic E-state index is -0.773. The standard InChI is InChI=1S/C58H108O6/c1-4-7-10-13-16-19-22-24-26-28-29-30-32-33-36-39-42-45-48-51-57(60)63-54-55(53-62-56(59)50-47-44-41-38-35-21-18-15-12-9-6-3)64-58(61)52-49-46-43-40-37-34-31-27-25-23-20-17-14-11-8-5-2/h27-29,31,55H,4-26,30,32-54H2,1-3H3/b29-28-,31-27-/t55-/m1/s1. The van der Waals surface area contributed by atoms with Crippen LogP contribution in [0.5, 0.6) is 0 Å². The first kappa shape index (κ1) is 61.9. The molecule has 0 spiro atoms. The van der Waals surface area contributed by atoms with Gasteiger partial charge in [0, 0.05) is 19.3 Å². The lowest BCUT2D eigenvalue weighted by molar-refractivity contribution is -0.167. The number of allylic oxidation sites excluding steroid dienone is 4. The second-order valence-corrected chi connectivity index (χ2v) is 19.2. The Morgan fingerprint density at radius 2 is 0.516 bits per heavy atom. The Labute approximate surface area is 398 Å². The third-order valence-electron chi connectivity index (χ3n) is 12.7. The van der Waals surface area contributed by atoms with E-state index in [0.717, 1.165) is 64.2 Å². The fraction of sp³-hybridized carbons (Fsp3) is 0.879. The van der Waals surface area contributed by atoms with Gasteiger partial charge in [0.25, 0.3) is 0 Å². The summed E-state index contributed by atoms with van der Waals surface area (Å²) in [5.74, 6) is -0.869. The van der Waals surface area contributed by atoms with Gasteiger partial charge in [0.15, 0.2) is 6.10 Å². The van der Waals surface area contributed by atoms with E-state index < -0.39 is 6.10 Å². The molecule has 0 fully saturated rings. The van der Waals surface area contributed by atoms with Gasteiger partial charge in [-0.05, 0) is 70.6 Å². The quantitative estimate of drug-likeness (QED) is 0.0262. The molecule has 6 heteroatoms. The maximum absolute atomic E-state index is 12.8. The Morgan fingerprint density at radius 3 is 0.781 bits per heavy atom. The summed E-state index contributed by atoms with van der Waals surface area (Å²) >= 11 is 0. The summed E-state index contributed by atoms with van der Waals surface area (Å²) in [6, 6.07) is 0. The van der Waals surface area contributed by atoms with Gasteiger partial charge in [0.1, 0.15) is 13.2 Å². The molecule has 0 aliphatic carbocycles. The van der Waals surface area contributed by atoms with E-state index in [-0.39, 0.29) is 31.1 Å². The molecule has 6 nitrogen and oxygen atoms in total. The molecule has 376 valence electrons. The summed E-state index contributed by atoms with van der Waals surface area (Å²) in [6.07, 6.45) is 61.7. The maximum atomic E-state index is 12.8. The molecule has 0 unspecified atom stereocenters. The predicted octanol–water partition coefficient (Wildman–Crippen LogP) is 18.7. The van der Waals surface area contributed by atoms with Crippen LogP contribution in [-0.4, -0.2) is 37.2 Å². The Morgan fingerprint density at radius 1 is 0.297 bits per heavy atom. The molecule has 0 aromatic rings. The molecule has 0 heterocycles. The SMILES string of the molecule is CCCCCCCCC/C=C\CCCCCCCC(=O)O[C@@H](COC(=O)CCCCCCCCC/C=C\CCCCCCCCCC)COC(=O)CCCCCCCCCCCCC. The fourth-order valence-electron chi connectivity index (χ4n) is 8.37. The Balaban J connectivity index is 4.31. The van der Waals surface area contributed by atoms with Crippen LogP contribution >= 0.6 is 0 Å². The Kier molecular flexibility index (Phi) is 51.7. The molecule has 0 bridgehead atoms. The molecule has 0 saturated carbocycles. The van der Waals surface area contributed by atoms with E-state index in [1.165, 1.54) is 205 Å². The van der Waals surface area contributed by atoms with Crippen molar-refractivity contribution in [1.29, 1.82) is 0 Å². The van der Waals surface area contributed by atoms with Gasteiger partial charge < -0.3 is 14.2 Å². The molecule has 0 rings (SSSR count). The summed E-state index contributed by atoms with van der Waals surface area (Å²) in [4.78, 5) is 38.0.